The van der Waals surface area contributed by atoms with Gasteiger partial charge < -0.3 is 16.0 Å². The van der Waals surface area contributed by atoms with E-state index in [4.69, 9.17) is 11.1 Å². The first kappa shape index (κ1) is 14.9. The fourth-order valence-corrected chi connectivity index (χ4v) is 1.51. The minimum Gasteiger partial charge on any atom is -0.386 e. The van der Waals surface area contributed by atoms with Crippen LogP contribution in [0.5, 0.6) is 0 Å². The normalized spacial score (nSPS) is 10.1. The Hall–Kier alpha value is -2.18. The largest absolute Gasteiger partial charge is 0.386 e. The lowest BCUT2D eigenvalue weighted by atomic mass is 10.3. The standard InChI is InChI=1S/C12H16F2N4O/c1-2-5-18(7-11(15)16)12(19)17-10-4-3-8(13)6-9(10)14/h3-4,6H,2,5,7H2,1H3,(H3,15,16)(H,17,19). The van der Waals surface area contributed by atoms with Gasteiger partial charge >= 0.3 is 6.03 Å². The van der Waals surface area contributed by atoms with Crippen LogP contribution >= 0.6 is 0 Å². The molecule has 0 spiro atoms. The molecule has 0 radical (unpaired) electrons. The third-order valence-corrected chi connectivity index (χ3v) is 2.31. The van der Waals surface area contributed by atoms with Crippen LogP contribution in [0.4, 0.5) is 19.3 Å². The Labute approximate surface area is 109 Å². The number of benzene rings is 1. The van der Waals surface area contributed by atoms with Crippen molar-refractivity contribution in [3.8, 4) is 0 Å². The number of rotatable bonds is 5. The van der Waals surface area contributed by atoms with E-state index < -0.39 is 17.7 Å². The topological polar surface area (TPSA) is 82.2 Å². The first-order valence-electron chi connectivity index (χ1n) is 5.78. The predicted octanol–water partition coefficient (Wildman–Crippen LogP) is 2.14. The number of nitrogens with two attached hydrogens (primary N) is 1. The second-order valence-corrected chi connectivity index (χ2v) is 4.00. The lowest BCUT2D eigenvalue weighted by molar-refractivity contribution is 0.218. The summed E-state index contributed by atoms with van der Waals surface area (Å²) in [5.41, 5.74) is 5.13. The van der Waals surface area contributed by atoms with Gasteiger partial charge in [0.05, 0.1) is 12.2 Å². The van der Waals surface area contributed by atoms with Crippen molar-refractivity contribution in [3.05, 3.63) is 29.8 Å². The number of hydrogen-bond acceptors (Lipinski definition) is 2. The number of halogens is 2. The van der Waals surface area contributed by atoms with E-state index in [1.54, 1.807) is 0 Å². The van der Waals surface area contributed by atoms with Crippen molar-refractivity contribution < 1.29 is 13.6 Å². The van der Waals surface area contributed by atoms with Crippen molar-refractivity contribution in [2.24, 2.45) is 5.73 Å². The minimum absolute atomic E-state index is 0.0392. The van der Waals surface area contributed by atoms with E-state index in [9.17, 15) is 13.6 Å². The molecular formula is C12H16F2N4O. The number of urea groups is 1. The molecule has 0 unspecified atom stereocenters. The highest BCUT2D eigenvalue weighted by molar-refractivity contribution is 5.92. The molecule has 4 N–H and O–H groups in total. The number of nitrogens with one attached hydrogen (secondary N) is 2. The Bertz CT molecular complexity index is 479. The molecule has 0 heterocycles. The van der Waals surface area contributed by atoms with E-state index in [2.05, 4.69) is 5.32 Å². The zero-order valence-electron chi connectivity index (χ0n) is 10.5. The third kappa shape index (κ3) is 4.53. The highest BCUT2D eigenvalue weighted by Crippen LogP contribution is 2.15. The summed E-state index contributed by atoms with van der Waals surface area (Å²) in [6.07, 6.45) is 0.673. The van der Waals surface area contributed by atoms with Gasteiger partial charge in [0, 0.05) is 12.6 Å². The van der Waals surface area contributed by atoms with E-state index in [-0.39, 0.29) is 18.1 Å². The maximum absolute atomic E-state index is 13.4. The highest BCUT2D eigenvalue weighted by Gasteiger charge is 2.15. The number of amides is 2. The molecular weight excluding hydrogens is 254 g/mol. The van der Waals surface area contributed by atoms with Crippen LogP contribution in [-0.4, -0.2) is 29.9 Å². The Morgan fingerprint density at radius 3 is 2.68 bits per heavy atom. The van der Waals surface area contributed by atoms with E-state index in [1.807, 2.05) is 6.92 Å². The molecule has 7 heteroatoms. The van der Waals surface area contributed by atoms with E-state index in [1.165, 1.54) is 4.90 Å². The summed E-state index contributed by atoms with van der Waals surface area (Å²) in [5.74, 6) is -1.74. The van der Waals surface area contributed by atoms with Crippen LogP contribution in [0.1, 0.15) is 13.3 Å². The first-order valence-corrected chi connectivity index (χ1v) is 5.78. The van der Waals surface area contributed by atoms with Gasteiger partial charge in [-0.2, -0.15) is 0 Å². The summed E-state index contributed by atoms with van der Waals surface area (Å²) >= 11 is 0. The van der Waals surface area contributed by atoms with Gasteiger partial charge in [-0.25, -0.2) is 13.6 Å². The maximum atomic E-state index is 13.4. The van der Waals surface area contributed by atoms with Crippen molar-refractivity contribution in [1.29, 1.82) is 5.41 Å². The number of amidine groups is 1. The Kier molecular flexibility index (Phi) is 5.23. The molecule has 0 aliphatic heterocycles. The molecule has 0 atom stereocenters. The van der Waals surface area contributed by atoms with E-state index in [0.717, 1.165) is 12.1 Å². The van der Waals surface area contributed by atoms with Gasteiger partial charge in [-0.3, -0.25) is 5.41 Å². The molecule has 0 saturated heterocycles. The molecule has 0 aliphatic rings. The van der Waals surface area contributed by atoms with Crippen molar-refractivity contribution >= 4 is 17.6 Å². The van der Waals surface area contributed by atoms with Crippen LogP contribution in [0.2, 0.25) is 0 Å². The van der Waals surface area contributed by atoms with Gasteiger partial charge in [0.25, 0.3) is 0 Å². The molecule has 1 aromatic carbocycles. The second kappa shape index (κ2) is 6.67. The number of anilines is 1. The molecule has 0 aliphatic carbocycles. The fraction of sp³-hybridized carbons (Fsp3) is 0.333. The summed E-state index contributed by atoms with van der Waals surface area (Å²) in [7, 11) is 0. The Morgan fingerprint density at radius 2 is 2.16 bits per heavy atom. The van der Waals surface area contributed by atoms with E-state index in [0.29, 0.717) is 19.0 Å². The van der Waals surface area contributed by atoms with Crippen LogP contribution < -0.4 is 11.1 Å². The van der Waals surface area contributed by atoms with Crippen LogP contribution in [0, 0.1) is 17.0 Å². The van der Waals surface area contributed by atoms with Gasteiger partial charge in [-0.1, -0.05) is 6.92 Å². The molecule has 0 bridgehead atoms. The van der Waals surface area contributed by atoms with Gasteiger partial charge in [-0.15, -0.1) is 0 Å². The van der Waals surface area contributed by atoms with Crippen molar-refractivity contribution in [3.63, 3.8) is 0 Å². The van der Waals surface area contributed by atoms with Crippen molar-refractivity contribution in [2.75, 3.05) is 18.4 Å². The van der Waals surface area contributed by atoms with Crippen LogP contribution in [-0.2, 0) is 0 Å². The lowest BCUT2D eigenvalue weighted by Gasteiger charge is -2.21. The smallest absolute Gasteiger partial charge is 0.322 e. The summed E-state index contributed by atoms with van der Waals surface area (Å²) in [6.45, 7) is 2.20. The molecule has 2 amide bonds. The monoisotopic (exact) mass is 270 g/mol. The minimum atomic E-state index is -0.854. The second-order valence-electron chi connectivity index (χ2n) is 4.00. The molecule has 5 nitrogen and oxygen atoms in total. The Morgan fingerprint density at radius 1 is 1.47 bits per heavy atom. The van der Waals surface area contributed by atoms with Gasteiger partial charge in [0.15, 0.2) is 0 Å². The summed E-state index contributed by atoms with van der Waals surface area (Å²) in [5, 5.41) is 9.50. The van der Waals surface area contributed by atoms with E-state index >= 15 is 0 Å². The highest BCUT2D eigenvalue weighted by atomic mass is 19.1. The maximum Gasteiger partial charge on any atom is 0.322 e. The molecule has 0 saturated carbocycles. The number of carbonyl (C=O) groups is 1. The lowest BCUT2D eigenvalue weighted by Crippen LogP contribution is -2.41. The van der Waals surface area contributed by atoms with Crippen LogP contribution in [0.3, 0.4) is 0 Å². The number of carbonyl (C=O) groups excluding carboxylic acids is 1. The molecule has 19 heavy (non-hydrogen) atoms. The SMILES string of the molecule is CCCN(CC(=N)N)C(=O)Nc1ccc(F)cc1F. The quantitative estimate of drug-likeness (QED) is 0.566. The zero-order valence-corrected chi connectivity index (χ0v) is 10.5. The Balaban J connectivity index is 2.77. The molecule has 104 valence electrons. The molecule has 1 rings (SSSR count). The average Bonchev–Trinajstić information content (AvgIpc) is 2.31. The van der Waals surface area contributed by atoms with Crippen molar-refractivity contribution in [1.82, 2.24) is 4.90 Å². The number of hydrogen-bond donors (Lipinski definition) is 3. The summed E-state index contributed by atoms with van der Waals surface area (Å²) in [4.78, 5) is 13.2. The first-order chi connectivity index (χ1) is 8.93. The van der Waals surface area contributed by atoms with Crippen LogP contribution in [0.15, 0.2) is 18.2 Å². The zero-order chi connectivity index (χ0) is 14.4. The summed E-state index contributed by atoms with van der Waals surface area (Å²) < 4.78 is 26.1. The fourth-order valence-electron chi connectivity index (χ4n) is 1.51. The molecule has 0 aromatic heterocycles. The van der Waals surface area contributed by atoms with Gasteiger partial charge in [0.1, 0.15) is 17.5 Å². The van der Waals surface area contributed by atoms with Crippen LogP contribution in [0.25, 0.3) is 0 Å². The third-order valence-electron chi connectivity index (χ3n) is 2.31. The van der Waals surface area contributed by atoms with Gasteiger partial charge in [-0.05, 0) is 18.6 Å². The number of nitrogens with zero attached hydrogens (tertiary/aromatic N) is 1. The molecule has 1 aromatic rings. The van der Waals surface area contributed by atoms with Crippen molar-refractivity contribution in [2.45, 2.75) is 13.3 Å². The molecule has 0 fully saturated rings. The van der Waals surface area contributed by atoms with Gasteiger partial charge in [0.2, 0.25) is 0 Å². The average molecular weight is 270 g/mol. The predicted molar refractivity (Wildman–Crippen MR) is 69.2 cm³/mol. The summed E-state index contributed by atoms with van der Waals surface area (Å²) in [6, 6.07) is 2.29.